The molecule has 4 nitrogen and oxygen atoms in total. The van der Waals surface area contributed by atoms with E-state index in [9.17, 15) is 0 Å². The Kier molecular flexibility index (Phi) is 2.12. The first-order chi connectivity index (χ1) is 6.27. The molecule has 2 heterocycles. The Hall–Kier alpha value is -1.20. The number of hydrogen-bond acceptors (Lipinski definition) is 5. The summed E-state index contributed by atoms with van der Waals surface area (Å²) in [5.74, 6) is 0.776. The van der Waals surface area contributed by atoms with Gasteiger partial charge >= 0.3 is 0 Å². The third-order valence-corrected chi connectivity index (χ3v) is 2.27. The van der Waals surface area contributed by atoms with Gasteiger partial charge in [0.05, 0.1) is 5.56 Å². The van der Waals surface area contributed by atoms with Crippen LogP contribution in [0.4, 0.5) is 0 Å². The molecule has 1 unspecified atom stereocenters. The van der Waals surface area contributed by atoms with Crippen LogP contribution in [0.5, 0.6) is 0 Å². The molecule has 0 aliphatic carbocycles. The van der Waals surface area contributed by atoms with E-state index >= 15 is 0 Å². The second-order valence-electron chi connectivity index (χ2n) is 2.65. The second-order valence-corrected chi connectivity index (χ2v) is 3.43. The van der Waals surface area contributed by atoms with Gasteiger partial charge in [-0.25, -0.2) is 0 Å². The number of nitrogens with zero attached hydrogens (tertiary/aromatic N) is 2. The average Bonchev–Trinajstić information content (AvgIpc) is 2.75. The quantitative estimate of drug-likeness (QED) is 0.796. The van der Waals surface area contributed by atoms with Crippen LogP contribution in [-0.2, 0) is 0 Å². The zero-order chi connectivity index (χ0) is 9.26. The van der Waals surface area contributed by atoms with Gasteiger partial charge in [0.1, 0.15) is 6.10 Å². The van der Waals surface area contributed by atoms with Gasteiger partial charge in [-0.2, -0.15) is 16.3 Å². The Morgan fingerprint density at radius 1 is 1.62 bits per heavy atom. The highest BCUT2D eigenvalue weighted by atomic mass is 32.1. The van der Waals surface area contributed by atoms with Crippen molar-refractivity contribution in [2.75, 3.05) is 0 Å². The van der Waals surface area contributed by atoms with Crippen LogP contribution in [0.15, 0.2) is 21.3 Å². The molecule has 0 saturated carbocycles. The van der Waals surface area contributed by atoms with E-state index in [1.165, 1.54) is 0 Å². The summed E-state index contributed by atoms with van der Waals surface area (Å²) in [5.41, 5.74) is 0.893. The fourth-order valence-corrected chi connectivity index (χ4v) is 1.54. The molecular formula is C8H8N2O2S. The molecule has 1 N–H and O–H groups in total. The van der Waals surface area contributed by atoms with E-state index in [4.69, 9.17) is 9.63 Å². The Morgan fingerprint density at radius 2 is 2.46 bits per heavy atom. The van der Waals surface area contributed by atoms with Gasteiger partial charge in [0, 0.05) is 5.38 Å². The normalized spacial score (nSPS) is 13.1. The standard InChI is InChI=1S/C8H8N2O2S/c1-5(11)7-9-8(12-10-7)6-2-3-13-4-6/h2-5,11H,1H3. The van der Waals surface area contributed by atoms with Crippen molar-refractivity contribution in [1.29, 1.82) is 0 Å². The summed E-state index contributed by atoms with van der Waals surface area (Å²) in [6.45, 7) is 1.60. The van der Waals surface area contributed by atoms with Crippen LogP contribution in [0, 0.1) is 0 Å². The van der Waals surface area contributed by atoms with Gasteiger partial charge in [-0.05, 0) is 18.4 Å². The van der Waals surface area contributed by atoms with E-state index in [2.05, 4.69) is 10.1 Å². The fourth-order valence-electron chi connectivity index (χ4n) is 0.908. The highest BCUT2D eigenvalue weighted by molar-refractivity contribution is 7.08. The van der Waals surface area contributed by atoms with E-state index in [1.807, 2.05) is 16.8 Å². The first-order valence-electron chi connectivity index (χ1n) is 3.81. The summed E-state index contributed by atoms with van der Waals surface area (Å²) < 4.78 is 4.96. The molecule has 68 valence electrons. The maximum Gasteiger partial charge on any atom is 0.258 e. The third kappa shape index (κ3) is 1.61. The summed E-state index contributed by atoms with van der Waals surface area (Å²) in [6.07, 6.45) is -0.684. The molecule has 0 spiro atoms. The Labute approximate surface area is 78.8 Å². The summed E-state index contributed by atoms with van der Waals surface area (Å²) in [6, 6.07) is 1.89. The maximum absolute atomic E-state index is 9.15. The maximum atomic E-state index is 9.15. The molecule has 0 bridgehead atoms. The lowest BCUT2D eigenvalue weighted by molar-refractivity contribution is 0.184. The predicted octanol–water partition coefficient (Wildman–Crippen LogP) is 1.85. The average molecular weight is 196 g/mol. The summed E-state index contributed by atoms with van der Waals surface area (Å²) in [7, 11) is 0. The molecule has 13 heavy (non-hydrogen) atoms. The van der Waals surface area contributed by atoms with Crippen molar-refractivity contribution in [3.8, 4) is 11.5 Å². The molecule has 2 aromatic rings. The monoisotopic (exact) mass is 196 g/mol. The largest absolute Gasteiger partial charge is 0.385 e. The van der Waals surface area contributed by atoms with Crippen molar-refractivity contribution in [1.82, 2.24) is 10.1 Å². The van der Waals surface area contributed by atoms with Gasteiger partial charge in [-0.3, -0.25) is 0 Å². The minimum absolute atomic E-state index is 0.321. The molecule has 0 aromatic carbocycles. The first kappa shape index (κ1) is 8.40. The topological polar surface area (TPSA) is 59.2 Å². The van der Waals surface area contributed by atoms with Crippen molar-refractivity contribution in [3.05, 3.63) is 22.7 Å². The first-order valence-corrected chi connectivity index (χ1v) is 4.76. The summed E-state index contributed by atoms with van der Waals surface area (Å²) >= 11 is 1.56. The van der Waals surface area contributed by atoms with Crippen molar-refractivity contribution in [2.45, 2.75) is 13.0 Å². The van der Waals surface area contributed by atoms with Gasteiger partial charge in [0.15, 0.2) is 5.82 Å². The van der Waals surface area contributed by atoms with Crippen molar-refractivity contribution < 1.29 is 9.63 Å². The number of rotatable bonds is 2. The van der Waals surface area contributed by atoms with Crippen LogP contribution in [0.2, 0.25) is 0 Å². The van der Waals surface area contributed by atoms with Gasteiger partial charge in [-0.1, -0.05) is 5.16 Å². The zero-order valence-corrected chi connectivity index (χ0v) is 7.78. The fraction of sp³-hybridized carbons (Fsp3) is 0.250. The molecule has 0 amide bonds. The minimum Gasteiger partial charge on any atom is -0.385 e. The summed E-state index contributed by atoms with van der Waals surface area (Å²) in [5, 5.41) is 16.6. The number of aliphatic hydroxyl groups excluding tert-OH is 1. The van der Waals surface area contributed by atoms with E-state index in [-0.39, 0.29) is 0 Å². The lowest BCUT2D eigenvalue weighted by atomic mass is 10.3. The van der Waals surface area contributed by atoms with E-state index in [1.54, 1.807) is 18.3 Å². The molecule has 2 rings (SSSR count). The number of hydrogen-bond donors (Lipinski definition) is 1. The van der Waals surface area contributed by atoms with Gasteiger partial charge < -0.3 is 9.63 Å². The highest BCUT2D eigenvalue weighted by Crippen LogP contribution is 2.21. The summed E-state index contributed by atoms with van der Waals surface area (Å²) in [4.78, 5) is 4.03. The second kappa shape index (κ2) is 3.27. The molecule has 2 aromatic heterocycles. The Morgan fingerprint density at radius 3 is 3.00 bits per heavy atom. The smallest absolute Gasteiger partial charge is 0.258 e. The number of aromatic nitrogens is 2. The lowest BCUT2D eigenvalue weighted by Gasteiger charge is -1.91. The molecule has 5 heteroatoms. The molecular weight excluding hydrogens is 188 g/mol. The van der Waals surface area contributed by atoms with Crippen molar-refractivity contribution in [3.63, 3.8) is 0 Å². The zero-order valence-electron chi connectivity index (χ0n) is 6.97. The lowest BCUT2D eigenvalue weighted by Crippen LogP contribution is -1.92. The molecule has 0 aliphatic rings. The molecule has 0 aliphatic heterocycles. The Bertz CT molecular complexity index is 381. The van der Waals surface area contributed by atoms with Crippen LogP contribution in [0.25, 0.3) is 11.5 Å². The SMILES string of the molecule is CC(O)c1noc(-c2ccsc2)n1. The van der Waals surface area contributed by atoms with Crippen LogP contribution < -0.4 is 0 Å². The predicted molar refractivity (Wildman–Crippen MR) is 48.2 cm³/mol. The highest BCUT2D eigenvalue weighted by Gasteiger charge is 2.12. The van der Waals surface area contributed by atoms with Crippen LogP contribution in [0.1, 0.15) is 18.9 Å². The van der Waals surface area contributed by atoms with Gasteiger partial charge in [0.25, 0.3) is 5.89 Å². The third-order valence-electron chi connectivity index (χ3n) is 1.58. The van der Waals surface area contributed by atoms with E-state index in [0.717, 1.165) is 5.56 Å². The van der Waals surface area contributed by atoms with E-state index in [0.29, 0.717) is 11.7 Å². The van der Waals surface area contributed by atoms with Gasteiger partial charge in [0.2, 0.25) is 0 Å². The molecule has 0 fully saturated rings. The Balaban J connectivity index is 2.33. The van der Waals surface area contributed by atoms with Gasteiger partial charge in [-0.15, -0.1) is 0 Å². The van der Waals surface area contributed by atoms with Crippen molar-refractivity contribution >= 4 is 11.3 Å². The van der Waals surface area contributed by atoms with Crippen LogP contribution in [0.3, 0.4) is 0 Å². The molecule has 1 atom stereocenters. The van der Waals surface area contributed by atoms with Crippen LogP contribution >= 0.6 is 11.3 Å². The van der Waals surface area contributed by atoms with Crippen LogP contribution in [-0.4, -0.2) is 15.2 Å². The van der Waals surface area contributed by atoms with Crippen molar-refractivity contribution in [2.24, 2.45) is 0 Å². The molecule has 0 radical (unpaired) electrons. The number of aliphatic hydroxyl groups is 1. The van der Waals surface area contributed by atoms with E-state index < -0.39 is 6.10 Å². The minimum atomic E-state index is -0.684. The molecule has 0 saturated heterocycles. The number of thiophene rings is 1.